The third-order valence-corrected chi connectivity index (χ3v) is 4.61. The maximum absolute atomic E-state index is 12.5. The third-order valence-electron chi connectivity index (χ3n) is 3.49. The summed E-state index contributed by atoms with van der Waals surface area (Å²) in [7, 11) is 0. The van der Waals surface area contributed by atoms with Gasteiger partial charge in [-0.15, -0.1) is 5.10 Å². The summed E-state index contributed by atoms with van der Waals surface area (Å²) in [6.45, 7) is 1.37. The predicted molar refractivity (Wildman–Crippen MR) is 90.2 cm³/mol. The van der Waals surface area contributed by atoms with Crippen molar-refractivity contribution in [2.24, 2.45) is 0 Å². The van der Waals surface area contributed by atoms with Gasteiger partial charge >= 0.3 is 6.09 Å². The molecule has 1 atom stereocenters. The summed E-state index contributed by atoms with van der Waals surface area (Å²) >= 11 is 6.30. The highest BCUT2D eigenvalue weighted by Gasteiger charge is 2.26. The summed E-state index contributed by atoms with van der Waals surface area (Å²) in [6, 6.07) is 9.57. The van der Waals surface area contributed by atoms with Crippen LogP contribution in [0.5, 0.6) is 0 Å². The highest BCUT2D eigenvalue weighted by atomic mass is 32.1. The number of benzene rings is 1. The van der Waals surface area contributed by atoms with Crippen molar-refractivity contribution >= 4 is 34.8 Å². The van der Waals surface area contributed by atoms with E-state index in [0.717, 1.165) is 25.0 Å². The van der Waals surface area contributed by atoms with E-state index in [0.29, 0.717) is 15.6 Å². The Labute approximate surface area is 143 Å². The number of anilines is 1. The Balaban J connectivity index is 1.68. The lowest BCUT2D eigenvalue weighted by Gasteiger charge is -2.22. The van der Waals surface area contributed by atoms with Crippen molar-refractivity contribution in [3.63, 3.8) is 0 Å². The van der Waals surface area contributed by atoms with E-state index in [1.807, 2.05) is 30.3 Å². The van der Waals surface area contributed by atoms with E-state index in [-0.39, 0.29) is 12.7 Å². The molecule has 2 aromatic rings. The second-order valence-electron chi connectivity index (χ2n) is 5.18. The molecule has 1 fully saturated rings. The zero-order valence-corrected chi connectivity index (χ0v) is 14.1. The average Bonchev–Trinajstić information content (AvgIpc) is 3.23. The minimum Gasteiger partial charge on any atom is -0.444 e. The van der Waals surface area contributed by atoms with Crippen molar-refractivity contribution in [2.75, 3.05) is 18.1 Å². The van der Waals surface area contributed by atoms with Crippen LogP contribution in [0.15, 0.2) is 30.3 Å². The fourth-order valence-corrected chi connectivity index (χ4v) is 3.23. The number of carbonyl (C=O) groups is 1. The minimum atomic E-state index is -0.442. The van der Waals surface area contributed by atoms with Crippen LogP contribution in [0.4, 0.5) is 9.93 Å². The molecular weight excluding hydrogens is 334 g/mol. The number of aromatic amines is 1. The van der Waals surface area contributed by atoms with Gasteiger partial charge in [0.1, 0.15) is 6.61 Å². The maximum Gasteiger partial charge on any atom is 0.416 e. The van der Waals surface area contributed by atoms with Crippen LogP contribution in [0.25, 0.3) is 0 Å². The van der Waals surface area contributed by atoms with Crippen LogP contribution in [-0.4, -0.2) is 35.5 Å². The summed E-state index contributed by atoms with van der Waals surface area (Å²) in [4.78, 5) is 14.0. The zero-order chi connectivity index (χ0) is 16.1. The molecule has 0 bridgehead atoms. The number of ether oxygens (including phenoxy) is 2. The molecule has 1 aliphatic heterocycles. The Kier molecular flexibility index (Phi) is 5.37. The normalized spacial score (nSPS) is 17.1. The van der Waals surface area contributed by atoms with Gasteiger partial charge in [0.25, 0.3) is 0 Å². The van der Waals surface area contributed by atoms with Gasteiger partial charge in [-0.2, -0.15) is 0 Å². The standard InChI is InChI=1S/C15H17N3O3S2/c19-15(21-10-11-5-2-1-3-6-11)18(9-12-7-4-8-20-12)13-16-17-14(22)23-13/h1-3,5-6,12H,4,7-10H2,(H,17,22). The van der Waals surface area contributed by atoms with Gasteiger partial charge in [-0.25, -0.2) is 9.69 Å². The SMILES string of the molecule is O=C(OCc1ccccc1)N(CC1CCCO1)c1n[nH]c(=S)s1. The van der Waals surface area contributed by atoms with Gasteiger partial charge in [0.15, 0.2) is 3.95 Å². The average molecular weight is 351 g/mol. The van der Waals surface area contributed by atoms with Crippen molar-refractivity contribution in [3.05, 3.63) is 39.8 Å². The third kappa shape index (κ3) is 4.37. The van der Waals surface area contributed by atoms with Crippen LogP contribution < -0.4 is 4.90 Å². The Morgan fingerprint density at radius 1 is 1.48 bits per heavy atom. The van der Waals surface area contributed by atoms with Crippen molar-refractivity contribution in [2.45, 2.75) is 25.6 Å². The van der Waals surface area contributed by atoms with E-state index >= 15 is 0 Å². The molecule has 0 radical (unpaired) electrons. The van der Waals surface area contributed by atoms with Crippen molar-refractivity contribution in [1.29, 1.82) is 0 Å². The lowest BCUT2D eigenvalue weighted by atomic mass is 10.2. The van der Waals surface area contributed by atoms with E-state index < -0.39 is 6.09 Å². The fourth-order valence-electron chi connectivity index (χ4n) is 2.36. The Bertz CT molecular complexity index is 695. The number of aromatic nitrogens is 2. The van der Waals surface area contributed by atoms with E-state index in [9.17, 15) is 4.79 Å². The van der Waals surface area contributed by atoms with Gasteiger partial charge in [-0.05, 0) is 30.6 Å². The molecule has 0 spiro atoms. The van der Waals surface area contributed by atoms with Crippen molar-refractivity contribution in [1.82, 2.24) is 10.2 Å². The monoisotopic (exact) mass is 351 g/mol. The second kappa shape index (κ2) is 7.67. The first-order valence-corrected chi connectivity index (χ1v) is 8.60. The van der Waals surface area contributed by atoms with Crippen LogP contribution in [0.3, 0.4) is 0 Å². The molecule has 2 heterocycles. The minimum absolute atomic E-state index is 0.0109. The van der Waals surface area contributed by atoms with Gasteiger partial charge in [0.05, 0.1) is 12.6 Å². The largest absolute Gasteiger partial charge is 0.444 e. The summed E-state index contributed by atoms with van der Waals surface area (Å²) in [6.07, 6.45) is 1.51. The number of hydrogen-bond donors (Lipinski definition) is 1. The number of amides is 1. The van der Waals surface area contributed by atoms with Crippen LogP contribution in [0, 0.1) is 3.95 Å². The Morgan fingerprint density at radius 3 is 2.96 bits per heavy atom. The van der Waals surface area contributed by atoms with E-state index in [1.54, 1.807) is 0 Å². The van der Waals surface area contributed by atoms with Crippen LogP contribution in [0.2, 0.25) is 0 Å². The first-order valence-electron chi connectivity index (χ1n) is 7.38. The molecule has 23 heavy (non-hydrogen) atoms. The van der Waals surface area contributed by atoms with Crippen LogP contribution in [0.1, 0.15) is 18.4 Å². The number of H-pyrrole nitrogens is 1. The predicted octanol–water partition coefficient (Wildman–Crippen LogP) is 3.52. The summed E-state index contributed by atoms with van der Waals surface area (Å²) in [5, 5.41) is 7.29. The van der Waals surface area contributed by atoms with E-state index in [1.165, 1.54) is 16.2 Å². The number of nitrogens with one attached hydrogen (secondary N) is 1. The van der Waals surface area contributed by atoms with Gasteiger partial charge in [-0.1, -0.05) is 41.7 Å². The molecule has 1 saturated heterocycles. The Hall–Kier alpha value is -1.77. The molecule has 6 nitrogen and oxygen atoms in total. The topological polar surface area (TPSA) is 67.4 Å². The van der Waals surface area contributed by atoms with Crippen LogP contribution in [-0.2, 0) is 16.1 Å². The molecule has 1 aromatic carbocycles. The number of hydrogen-bond acceptors (Lipinski definition) is 6. The molecule has 122 valence electrons. The van der Waals surface area contributed by atoms with Gasteiger partial charge in [0, 0.05) is 6.61 Å². The van der Waals surface area contributed by atoms with Crippen molar-refractivity contribution in [3.8, 4) is 0 Å². The molecule has 1 aromatic heterocycles. The smallest absolute Gasteiger partial charge is 0.416 e. The van der Waals surface area contributed by atoms with Crippen molar-refractivity contribution < 1.29 is 14.3 Å². The van der Waals surface area contributed by atoms with E-state index in [2.05, 4.69) is 10.2 Å². The summed E-state index contributed by atoms with van der Waals surface area (Å²) in [5.74, 6) is 0. The summed E-state index contributed by atoms with van der Waals surface area (Å²) in [5.41, 5.74) is 0.938. The lowest BCUT2D eigenvalue weighted by molar-refractivity contribution is 0.108. The molecule has 8 heteroatoms. The number of rotatable bonds is 5. The second-order valence-corrected chi connectivity index (χ2v) is 6.83. The molecule has 1 amide bonds. The molecule has 0 saturated carbocycles. The van der Waals surface area contributed by atoms with Gasteiger partial charge < -0.3 is 9.47 Å². The number of carbonyl (C=O) groups excluding carboxylic acids is 1. The zero-order valence-electron chi connectivity index (χ0n) is 12.4. The highest BCUT2D eigenvalue weighted by molar-refractivity contribution is 7.73. The first kappa shape index (κ1) is 16.1. The summed E-state index contributed by atoms with van der Waals surface area (Å²) < 4.78 is 11.6. The molecule has 1 aliphatic rings. The Morgan fingerprint density at radius 2 is 2.30 bits per heavy atom. The van der Waals surface area contributed by atoms with Gasteiger partial charge in [0.2, 0.25) is 5.13 Å². The lowest BCUT2D eigenvalue weighted by Crippen LogP contribution is -2.37. The molecule has 1 unspecified atom stereocenters. The quantitative estimate of drug-likeness (QED) is 0.835. The van der Waals surface area contributed by atoms with Gasteiger partial charge in [-0.3, -0.25) is 5.10 Å². The number of nitrogens with zero attached hydrogens (tertiary/aromatic N) is 2. The molecule has 0 aliphatic carbocycles. The molecule has 1 N–H and O–H groups in total. The fraction of sp³-hybridized carbons (Fsp3) is 0.400. The molecule has 3 rings (SSSR count). The first-order chi connectivity index (χ1) is 11.2. The maximum atomic E-state index is 12.5. The van der Waals surface area contributed by atoms with E-state index in [4.69, 9.17) is 21.7 Å². The van der Waals surface area contributed by atoms with Crippen LogP contribution >= 0.6 is 23.6 Å². The molecular formula is C15H17N3O3S2. The highest BCUT2D eigenvalue weighted by Crippen LogP contribution is 2.22.